The molecule has 2 rings (SSSR count). The maximum atomic E-state index is 12.3. The van der Waals surface area contributed by atoms with Crippen molar-refractivity contribution in [3.8, 4) is 0 Å². The van der Waals surface area contributed by atoms with E-state index in [9.17, 15) is 18.0 Å². The molecule has 0 saturated heterocycles. The summed E-state index contributed by atoms with van der Waals surface area (Å²) in [6.07, 6.45) is 3.60. The van der Waals surface area contributed by atoms with Gasteiger partial charge in [-0.15, -0.1) is 0 Å². The Labute approximate surface area is 152 Å². The Balaban J connectivity index is 2.13. The van der Waals surface area contributed by atoms with Crippen LogP contribution in [0, 0.1) is 6.92 Å². The summed E-state index contributed by atoms with van der Waals surface area (Å²) >= 11 is 0. The van der Waals surface area contributed by atoms with Crippen LogP contribution >= 0.6 is 0 Å². The highest BCUT2D eigenvalue weighted by molar-refractivity contribution is 7.90. The molecule has 4 N–H and O–H groups in total. The van der Waals surface area contributed by atoms with Crippen LogP contribution in [0.2, 0.25) is 0 Å². The van der Waals surface area contributed by atoms with E-state index >= 15 is 0 Å². The van der Waals surface area contributed by atoms with E-state index in [0.717, 1.165) is 5.56 Å². The highest BCUT2D eigenvalue weighted by atomic mass is 32.2. The molecule has 3 amide bonds. The number of nitrogens with one attached hydrogen (secondary N) is 4. The van der Waals surface area contributed by atoms with Crippen LogP contribution < -0.4 is 15.4 Å². The molecular weight excluding hydrogens is 356 g/mol. The molecule has 1 aromatic carbocycles. The van der Waals surface area contributed by atoms with Crippen LogP contribution in [0.25, 0.3) is 0 Å². The molecule has 0 saturated carbocycles. The summed E-state index contributed by atoms with van der Waals surface area (Å²) in [7, 11) is -2.69. The first-order valence-electron chi connectivity index (χ1n) is 7.99. The summed E-state index contributed by atoms with van der Waals surface area (Å²) in [6.45, 7) is 3.48. The Bertz CT molecular complexity index is 891. The predicted octanol–water partition coefficient (Wildman–Crippen LogP) is 1.36. The lowest BCUT2D eigenvalue weighted by atomic mass is 10.1. The van der Waals surface area contributed by atoms with Gasteiger partial charge < -0.3 is 15.6 Å². The average molecular weight is 378 g/mol. The molecule has 1 unspecified atom stereocenters. The topological polar surface area (TPSA) is 120 Å². The van der Waals surface area contributed by atoms with Crippen LogP contribution in [-0.2, 0) is 21.2 Å². The fourth-order valence-electron chi connectivity index (χ4n) is 2.44. The van der Waals surface area contributed by atoms with Gasteiger partial charge in [0.25, 0.3) is 10.0 Å². The van der Waals surface area contributed by atoms with Gasteiger partial charge in [-0.3, -0.25) is 4.79 Å². The summed E-state index contributed by atoms with van der Waals surface area (Å²) in [5.41, 5.74) is 1.96. The molecular formula is C17H22N4O4S. The molecule has 0 aliphatic heterocycles. The average Bonchev–Trinajstić information content (AvgIpc) is 3.10. The van der Waals surface area contributed by atoms with E-state index in [0.29, 0.717) is 11.1 Å². The first-order chi connectivity index (χ1) is 12.2. The molecule has 0 bridgehead atoms. The normalized spacial score (nSPS) is 12.3. The van der Waals surface area contributed by atoms with Gasteiger partial charge in [0.1, 0.15) is 0 Å². The summed E-state index contributed by atoms with van der Waals surface area (Å²) in [6, 6.07) is 5.57. The minimum absolute atomic E-state index is 0.0253. The van der Waals surface area contributed by atoms with Crippen molar-refractivity contribution in [3.63, 3.8) is 0 Å². The highest BCUT2D eigenvalue weighted by Crippen LogP contribution is 2.18. The third kappa shape index (κ3) is 4.85. The Morgan fingerprint density at radius 3 is 2.58 bits per heavy atom. The second-order valence-corrected chi connectivity index (χ2v) is 7.55. The number of urea groups is 1. The standard InChI is InChI=1S/C17H22N4O4S/c1-11-4-5-13(8-15(11)26(24,25)21-17(23)18-3)9-16(22)20-12(2)14-6-7-19-10-14/h4-8,10,12,19H,9H2,1-3H3,(H,20,22)(H2,18,21,23). The van der Waals surface area contributed by atoms with E-state index in [4.69, 9.17) is 0 Å². The van der Waals surface area contributed by atoms with Crippen LogP contribution in [-0.4, -0.2) is 32.4 Å². The van der Waals surface area contributed by atoms with Gasteiger partial charge in [0.05, 0.1) is 17.4 Å². The van der Waals surface area contributed by atoms with Crippen LogP contribution in [0.4, 0.5) is 4.79 Å². The second-order valence-electron chi connectivity index (χ2n) is 5.89. The maximum absolute atomic E-state index is 12.3. The lowest BCUT2D eigenvalue weighted by Crippen LogP contribution is -2.37. The minimum Gasteiger partial charge on any atom is -0.367 e. The Kier molecular flexibility index (Phi) is 6.04. The minimum atomic E-state index is -4.02. The smallest absolute Gasteiger partial charge is 0.328 e. The zero-order valence-corrected chi connectivity index (χ0v) is 15.6. The van der Waals surface area contributed by atoms with Gasteiger partial charge in [-0.2, -0.15) is 0 Å². The molecule has 0 aliphatic carbocycles. The summed E-state index contributed by atoms with van der Waals surface area (Å²) in [4.78, 5) is 26.5. The molecule has 140 valence electrons. The molecule has 0 fully saturated rings. The predicted molar refractivity (Wildman–Crippen MR) is 97.0 cm³/mol. The number of hydrogen-bond acceptors (Lipinski definition) is 4. The van der Waals surface area contributed by atoms with E-state index < -0.39 is 16.1 Å². The van der Waals surface area contributed by atoms with Crippen molar-refractivity contribution in [1.29, 1.82) is 0 Å². The van der Waals surface area contributed by atoms with Crippen molar-refractivity contribution < 1.29 is 18.0 Å². The lowest BCUT2D eigenvalue weighted by molar-refractivity contribution is -0.121. The quantitative estimate of drug-likeness (QED) is 0.606. The number of hydrogen-bond donors (Lipinski definition) is 4. The van der Waals surface area contributed by atoms with Crippen molar-refractivity contribution in [2.24, 2.45) is 0 Å². The third-order valence-corrected chi connectivity index (χ3v) is 5.33. The van der Waals surface area contributed by atoms with E-state index in [1.165, 1.54) is 13.1 Å². The van der Waals surface area contributed by atoms with Crippen molar-refractivity contribution >= 4 is 22.0 Å². The van der Waals surface area contributed by atoms with Crippen LogP contribution in [0.5, 0.6) is 0 Å². The SMILES string of the molecule is CNC(=O)NS(=O)(=O)c1cc(CC(=O)NC(C)c2cc[nH]c2)ccc1C. The van der Waals surface area contributed by atoms with Gasteiger partial charge in [0.2, 0.25) is 5.91 Å². The number of benzene rings is 1. The number of H-pyrrole nitrogens is 1. The van der Waals surface area contributed by atoms with E-state index in [1.54, 1.807) is 31.5 Å². The number of aromatic nitrogens is 1. The molecule has 1 atom stereocenters. The fraction of sp³-hybridized carbons (Fsp3) is 0.294. The largest absolute Gasteiger partial charge is 0.367 e. The number of carbonyl (C=O) groups excluding carboxylic acids is 2. The van der Waals surface area contributed by atoms with E-state index in [-0.39, 0.29) is 23.3 Å². The molecule has 2 aromatic rings. The van der Waals surface area contributed by atoms with E-state index in [2.05, 4.69) is 15.6 Å². The number of rotatable bonds is 6. The molecule has 1 heterocycles. The molecule has 0 aliphatic rings. The number of amides is 3. The van der Waals surface area contributed by atoms with Crippen molar-refractivity contribution in [1.82, 2.24) is 20.3 Å². The van der Waals surface area contributed by atoms with Gasteiger partial charge in [-0.1, -0.05) is 12.1 Å². The molecule has 0 spiro atoms. The molecule has 8 nitrogen and oxygen atoms in total. The van der Waals surface area contributed by atoms with Crippen molar-refractivity contribution in [3.05, 3.63) is 53.3 Å². The van der Waals surface area contributed by atoms with Crippen molar-refractivity contribution in [2.75, 3.05) is 7.05 Å². The Hall–Kier alpha value is -2.81. The molecule has 9 heteroatoms. The van der Waals surface area contributed by atoms with E-state index in [1.807, 2.05) is 17.7 Å². The molecule has 1 aromatic heterocycles. The van der Waals surface area contributed by atoms with Gasteiger partial charge >= 0.3 is 6.03 Å². The highest BCUT2D eigenvalue weighted by Gasteiger charge is 2.20. The van der Waals surface area contributed by atoms with Gasteiger partial charge in [0.15, 0.2) is 0 Å². The summed E-state index contributed by atoms with van der Waals surface area (Å²) in [5.74, 6) is -0.231. The number of aromatic amines is 1. The van der Waals surface area contributed by atoms with Crippen LogP contribution in [0.1, 0.15) is 29.7 Å². The Morgan fingerprint density at radius 1 is 1.23 bits per heavy atom. The zero-order valence-electron chi connectivity index (χ0n) is 14.8. The first kappa shape index (κ1) is 19.5. The first-order valence-corrected chi connectivity index (χ1v) is 9.47. The number of carbonyl (C=O) groups is 2. The maximum Gasteiger partial charge on any atom is 0.328 e. The monoisotopic (exact) mass is 378 g/mol. The van der Waals surface area contributed by atoms with Gasteiger partial charge in [-0.25, -0.2) is 17.9 Å². The molecule has 26 heavy (non-hydrogen) atoms. The zero-order chi connectivity index (χ0) is 19.3. The van der Waals surface area contributed by atoms with Crippen LogP contribution in [0.15, 0.2) is 41.6 Å². The summed E-state index contributed by atoms with van der Waals surface area (Å²) in [5, 5.41) is 5.05. The Morgan fingerprint density at radius 2 is 1.96 bits per heavy atom. The summed E-state index contributed by atoms with van der Waals surface area (Å²) < 4.78 is 26.5. The lowest BCUT2D eigenvalue weighted by Gasteiger charge is -2.14. The third-order valence-electron chi connectivity index (χ3n) is 3.86. The van der Waals surface area contributed by atoms with Gasteiger partial charge in [-0.05, 0) is 42.7 Å². The fourth-order valence-corrected chi connectivity index (χ4v) is 3.69. The number of sulfonamides is 1. The van der Waals surface area contributed by atoms with Crippen LogP contribution in [0.3, 0.4) is 0 Å². The number of aryl methyl sites for hydroxylation is 1. The van der Waals surface area contributed by atoms with Gasteiger partial charge in [0, 0.05) is 19.4 Å². The van der Waals surface area contributed by atoms with Crippen molar-refractivity contribution in [2.45, 2.75) is 31.2 Å². The molecule has 0 radical (unpaired) electrons. The second kappa shape index (κ2) is 8.05.